The molecule has 0 amide bonds. The van der Waals surface area contributed by atoms with Gasteiger partial charge in [-0.3, -0.25) is 9.67 Å². The smallest absolute Gasteiger partial charge is 0.122 e. The third-order valence-electron chi connectivity index (χ3n) is 2.43. The largest absolute Gasteiger partial charge is 0.395 e. The number of pyridine rings is 1. The minimum absolute atomic E-state index is 0.778. The molecule has 0 aromatic carbocycles. The number of hydrogen-bond donors (Lipinski definition) is 1. The van der Waals surface area contributed by atoms with Crippen LogP contribution in [-0.2, 0) is 6.54 Å². The summed E-state index contributed by atoms with van der Waals surface area (Å²) in [4.78, 5) is 5.14. The van der Waals surface area contributed by atoms with E-state index in [9.17, 15) is 0 Å². The van der Waals surface area contributed by atoms with Gasteiger partial charge in [-0.1, -0.05) is 18.7 Å². The van der Waals surface area contributed by atoms with E-state index >= 15 is 0 Å². The molecule has 0 aliphatic heterocycles. The number of aryl methyl sites for hydroxylation is 2. The second-order valence-electron chi connectivity index (χ2n) is 3.81. The molecule has 0 unspecified atom stereocenters. The Morgan fingerprint density at radius 1 is 1.35 bits per heavy atom. The third-order valence-corrected chi connectivity index (χ3v) is 3.56. The van der Waals surface area contributed by atoms with E-state index in [0.29, 0.717) is 0 Å². The zero-order valence-electron chi connectivity index (χ0n) is 10.1. The van der Waals surface area contributed by atoms with Crippen molar-refractivity contribution in [3.05, 3.63) is 30.2 Å². The van der Waals surface area contributed by atoms with Crippen LogP contribution in [0.25, 0.3) is 0 Å². The second-order valence-corrected chi connectivity index (χ2v) is 4.87. The summed E-state index contributed by atoms with van der Waals surface area (Å²) in [5.74, 6) is 0. The third kappa shape index (κ3) is 2.61. The zero-order chi connectivity index (χ0) is 12.3. The maximum absolute atomic E-state index is 6.06. The Morgan fingerprint density at radius 2 is 2.06 bits per heavy atom. The Morgan fingerprint density at radius 3 is 2.71 bits per heavy atom. The highest BCUT2D eigenvalue weighted by molar-refractivity contribution is 7.99. The standard InChI is InChI=1S/C12H16N4S/c1-3-8-16-12(11(13)9(2)15-16)17-10-4-6-14-7-5-10/h4-7H,3,8,13H2,1-2H3. The lowest BCUT2D eigenvalue weighted by Gasteiger charge is -2.06. The van der Waals surface area contributed by atoms with Gasteiger partial charge in [-0.15, -0.1) is 0 Å². The maximum Gasteiger partial charge on any atom is 0.122 e. The average molecular weight is 248 g/mol. The molecule has 5 heteroatoms. The molecule has 0 fully saturated rings. The molecule has 2 N–H and O–H groups in total. The van der Waals surface area contributed by atoms with Gasteiger partial charge in [0.05, 0.1) is 11.4 Å². The van der Waals surface area contributed by atoms with E-state index in [1.54, 1.807) is 24.2 Å². The molecule has 0 aliphatic carbocycles. The predicted molar refractivity (Wildman–Crippen MR) is 70.0 cm³/mol. The Labute approximate surface area is 105 Å². The quantitative estimate of drug-likeness (QED) is 0.904. The zero-order valence-corrected chi connectivity index (χ0v) is 10.9. The van der Waals surface area contributed by atoms with E-state index in [0.717, 1.165) is 34.3 Å². The summed E-state index contributed by atoms with van der Waals surface area (Å²) in [6, 6.07) is 3.95. The highest BCUT2D eigenvalue weighted by Gasteiger charge is 2.13. The van der Waals surface area contributed by atoms with Crippen molar-refractivity contribution in [2.24, 2.45) is 0 Å². The molecule has 2 heterocycles. The van der Waals surface area contributed by atoms with Crippen molar-refractivity contribution in [3.63, 3.8) is 0 Å². The van der Waals surface area contributed by atoms with Gasteiger partial charge in [0.25, 0.3) is 0 Å². The van der Waals surface area contributed by atoms with Crippen LogP contribution in [0.2, 0.25) is 0 Å². The van der Waals surface area contributed by atoms with Crippen LogP contribution in [-0.4, -0.2) is 14.8 Å². The number of rotatable bonds is 4. The Kier molecular flexibility index (Phi) is 3.68. The van der Waals surface area contributed by atoms with Gasteiger partial charge in [0.15, 0.2) is 0 Å². The summed E-state index contributed by atoms with van der Waals surface area (Å²) in [7, 11) is 0. The van der Waals surface area contributed by atoms with Crippen LogP contribution >= 0.6 is 11.8 Å². The van der Waals surface area contributed by atoms with Crippen LogP contribution in [0.5, 0.6) is 0 Å². The van der Waals surface area contributed by atoms with Crippen LogP contribution in [0.1, 0.15) is 19.0 Å². The van der Waals surface area contributed by atoms with E-state index in [1.807, 2.05) is 23.7 Å². The lowest BCUT2D eigenvalue weighted by atomic mass is 10.4. The molecule has 0 saturated carbocycles. The fourth-order valence-electron chi connectivity index (χ4n) is 1.56. The molecule has 0 aliphatic rings. The van der Waals surface area contributed by atoms with Crippen molar-refractivity contribution in [1.29, 1.82) is 0 Å². The van der Waals surface area contributed by atoms with E-state index in [4.69, 9.17) is 5.73 Å². The summed E-state index contributed by atoms with van der Waals surface area (Å²) >= 11 is 1.64. The summed E-state index contributed by atoms with van der Waals surface area (Å²) < 4.78 is 1.98. The van der Waals surface area contributed by atoms with Gasteiger partial charge in [0.1, 0.15) is 5.03 Å². The van der Waals surface area contributed by atoms with Crippen molar-refractivity contribution in [1.82, 2.24) is 14.8 Å². The van der Waals surface area contributed by atoms with Gasteiger partial charge >= 0.3 is 0 Å². The summed E-state index contributed by atoms with van der Waals surface area (Å²) in [5.41, 5.74) is 7.74. The lowest BCUT2D eigenvalue weighted by molar-refractivity contribution is 0.556. The van der Waals surface area contributed by atoms with Crippen molar-refractivity contribution in [2.75, 3.05) is 5.73 Å². The number of nitrogens with zero attached hydrogens (tertiary/aromatic N) is 3. The Hall–Kier alpha value is -1.49. The first kappa shape index (κ1) is 12.0. The van der Waals surface area contributed by atoms with Crippen LogP contribution in [0, 0.1) is 6.92 Å². The van der Waals surface area contributed by atoms with Crippen LogP contribution < -0.4 is 5.73 Å². The molecule has 0 radical (unpaired) electrons. The Bertz CT molecular complexity index is 493. The molecule has 2 aromatic heterocycles. The maximum atomic E-state index is 6.06. The summed E-state index contributed by atoms with van der Waals surface area (Å²) in [5, 5.41) is 5.47. The number of nitrogens with two attached hydrogens (primary N) is 1. The van der Waals surface area contributed by atoms with E-state index < -0.39 is 0 Å². The highest BCUT2D eigenvalue weighted by atomic mass is 32.2. The molecule has 0 bridgehead atoms. The van der Waals surface area contributed by atoms with E-state index in [1.165, 1.54) is 0 Å². The molecule has 4 nitrogen and oxygen atoms in total. The first-order valence-electron chi connectivity index (χ1n) is 5.63. The SMILES string of the molecule is CCCn1nc(C)c(N)c1Sc1ccncc1. The second kappa shape index (κ2) is 5.23. The van der Waals surface area contributed by atoms with Gasteiger partial charge in [-0.2, -0.15) is 5.10 Å². The van der Waals surface area contributed by atoms with E-state index in [-0.39, 0.29) is 0 Å². The van der Waals surface area contributed by atoms with Gasteiger partial charge in [0, 0.05) is 23.8 Å². The topological polar surface area (TPSA) is 56.7 Å². The fraction of sp³-hybridized carbons (Fsp3) is 0.333. The minimum Gasteiger partial charge on any atom is -0.395 e. The first-order chi connectivity index (χ1) is 8.22. The molecule has 17 heavy (non-hydrogen) atoms. The summed E-state index contributed by atoms with van der Waals surface area (Å²) in [6.45, 7) is 4.97. The molecular weight excluding hydrogens is 232 g/mol. The molecule has 0 spiro atoms. The van der Waals surface area contributed by atoms with Gasteiger partial charge in [0.2, 0.25) is 0 Å². The average Bonchev–Trinajstić information content (AvgIpc) is 2.59. The molecule has 2 rings (SSSR count). The number of anilines is 1. The fourth-order valence-corrected chi connectivity index (χ4v) is 2.54. The van der Waals surface area contributed by atoms with Crippen molar-refractivity contribution >= 4 is 17.4 Å². The number of nitrogen functional groups attached to an aromatic ring is 1. The first-order valence-corrected chi connectivity index (χ1v) is 6.44. The van der Waals surface area contributed by atoms with Gasteiger partial charge in [-0.25, -0.2) is 0 Å². The normalized spacial score (nSPS) is 10.7. The van der Waals surface area contributed by atoms with Crippen LogP contribution in [0.15, 0.2) is 34.4 Å². The highest BCUT2D eigenvalue weighted by Crippen LogP contribution is 2.33. The molecule has 0 atom stereocenters. The van der Waals surface area contributed by atoms with Crippen LogP contribution in [0.3, 0.4) is 0 Å². The van der Waals surface area contributed by atoms with Crippen molar-refractivity contribution in [3.8, 4) is 0 Å². The van der Waals surface area contributed by atoms with Gasteiger partial charge in [-0.05, 0) is 25.5 Å². The molecule has 0 saturated heterocycles. The van der Waals surface area contributed by atoms with Crippen LogP contribution in [0.4, 0.5) is 5.69 Å². The predicted octanol–water partition coefficient (Wildman–Crippen LogP) is 2.73. The summed E-state index contributed by atoms with van der Waals surface area (Å²) in [6.07, 6.45) is 4.61. The Balaban J connectivity index is 2.31. The van der Waals surface area contributed by atoms with Crippen molar-refractivity contribution < 1.29 is 0 Å². The van der Waals surface area contributed by atoms with Gasteiger partial charge < -0.3 is 5.73 Å². The molecule has 2 aromatic rings. The monoisotopic (exact) mass is 248 g/mol. The van der Waals surface area contributed by atoms with Crippen molar-refractivity contribution in [2.45, 2.75) is 36.7 Å². The number of hydrogen-bond acceptors (Lipinski definition) is 4. The van der Waals surface area contributed by atoms with E-state index in [2.05, 4.69) is 17.0 Å². The minimum atomic E-state index is 0.778. The molecular formula is C12H16N4S. The lowest BCUT2D eigenvalue weighted by Crippen LogP contribution is -2.01. The molecule has 90 valence electrons. The number of aromatic nitrogens is 3.